The molecule has 7 heteroatoms. The molecule has 1 aliphatic heterocycles. The van der Waals surface area contributed by atoms with Gasteiger partial charge in [0, 0.05) is 38.6 Å². The molecular weight excluding hydrogens is 306 g/mol. The van der Waals surface area contributed by atoms with Crippen LogP contribution in [0.25, 0.3) is 0 Å². The number of carbonyl (C=O) groups is 1. The van der Waals surface area contributed by atoms with Crippen LogP contribution in [0.2, 0.25) is 0 Å². The van der Waals surface area contributed by atoms with Gasteiger partial charge in [-0.25, -0.2) is 9.78 Å². The van der Waals surface area contributed by atoms with E-state index in [1.54, 1.807) is 32.4 Å². The molecule has 2 N–H and O–H groups in total. The highest BCUT2D eigenvalue weighted by atomic mass is 16.2. The summed E-state index contributed by atoms with van der Waals surface area (Å²) in [7, 11) is 1.66. The Kier molecular flexibility index (Phi) is 4.50. The van der Waals surface area contributed by atoms with Crippen molar-refractivity contribution in [3.8, 4) is 0 Å². The number of aryl methyl sites for hydroxylation is 2. The van der Waals surface area contributed by atoms with Gasteiger partial charge in [-0.3, -0.25) is 4.79 Å². The van der Waals surface area contributed by atoms with E-state index in [2.05, 4.69) is 20.5 Å². The third kappa shape index (κ3) is 3.40. The normalized spacial score (nSPS) is 16.9. The summed E-state index contributed by atoms with van der Waals surface area (Å²) >= 11 is 0. The molecule has 0 radical (unpaired) electrons. The van der Waals surface area contributed by atoms with Crippen molar-refractivity contribution in [3.05, 3.63) is 52.6 Å². The molecule has 1 fully saturated rings. The lowest BCUT2D eigenvalue weighted by molar-refractivity contribution is 0.249. The van der Waals surface area contributed by atoms with Crippen LogP contribution in [0.1, 0.15) is 12.0 Å². The minimum atomic E-state index is -0.353. The zero-order valence-corrected chi connectivity index (χ0v) is 13.8. The van der Waals surface area contributed by atoms with Crippen LogP contribution in [0, 0.1) is 6.92 Å². The molecule has 24 heavy (non-hydrogen) atoms. The fraction of sp³-hybridized carbons (Fsp3) is 0.353. The number of carbonyl (C=O) groups excluding carboxylic acids is 1. The minimum Gasteiger partial charge on any atom is -0.354 e. The highest BCUT2D eigenvalue weighted by Gasteiger charge is 2.25. The van der Waals surface area contributed by atoms with Gasteiger partial charge in [0.2, 0.25) is 0 Å². The van der Waals surface area contributed by atoms with Crippen molar-refractivity contribution >= 4 is 17.5 Å². The Bertz CT molecular complexity index is 787. The summed E-state index contributed by atoms with van der Waals surface area (Å²) in [6.45, 7) is 3.35. The molecule has 2 amide bonds. The lowest BCUT2D eigenvalue weighted by Crippen LogP contribution is -2.41. The SMILES string of the molecule is Cc1ccn(C)c(=O)c1NC(=O)NC1CCN(c2ccccn2)C1. The lowest BCUT2D eigenvalue weighted by Gasteiger charge is -2.18. The van der Waals surface area contributed by atoms with Crippen molar-refractivity contribution in [2.45, 2.75) is 19.4 Å². The minimum absolute atomic E-state index is 0.0277. The summed E-state index contributed by atoms with van der Waals surface area (Å²) in [4.78, 5) is 30.8. The van der Waals surface area contributed by atoms with Crippen LogP contribution < -0.4 is 21.1 Å². The molecule has 0 bridgehead atoms. The van der Waals surface area contributed by atoms with Crippen molar-refractivity contribution in [1.29, 1.82) is 0 Å². The van der Waals surface area contributed by atoms with Crippen molar-refractivity contribution < 1.29 is 4.79 Å². The topological polar surface area (TPSA) is 79.3 Å². The summed E-state index contributed by atoms with van der Waals surface area (Å²) < 4.78 is 1.45. The molecule has 2 aromatic heterocycles. The van der Waals surface area contributed by atoms with Gasteiger partial charge in [0.05, 0.1) is 0 Å². The highest BCUT2D eigenvalue weighted by molar-refractivity contribution is 5.90. The molecule has 0 spiro atoms. The summed E-state index contributed by atoms with van der Waals surface area (Å²) in [6, 6.07) is 7.26. The first-order chi connectivity index (χ1) is 11.5. The summed E-state index contributed by atoms with van der Waals surface area (Å²) in [5.41, 5.74) is 0.846. The largest absolute Gasteiger partial charge is 0.354 e. The Morgan fingerprint density at radius 1 is 1.33 bits per heavy atom. The molecular formula is C17H21N5O2. The quantitative estimate of drug-likeness (QED) is 0.895. The fourth-order valence-corrected chi connectivity index (χ4v) is 2.83. The maximum atomic E-state index is 12.2. The molecule has 0 saturated carbocycles. The Morgan fingerprint density at radius 2 is 2.17 bits per heavy atom. The van der Waals surface area contributed by atoms with Crippen LogP contribution in [-0.4, -0.2) is 34.7 Å². The molecule has 0 aliphatic carbocycles. The molecule has 1 aliphatic rings. The van der Waals surface area contributed by atoms with E-state index < -0.39 is 0 Å². The van der Waals surface area contributed by atoms with Crippen molar-refractivity contribution in [2.75, 3.05) is 23.3 Å². The number of amides is 2. The van der Waals surface area contributed by atoms with Crippen LogP contribution in [0.5, 0.6) is 0 Å². The Morgan fingerprint density at radius 3 is 2.92 bits per heavy atom. The predicted molar refractivity (Wildman–Crippen MR) is 93.4 cm³/mol. The monoisotopic (exact) mass is 327 g/mol. The second-order valence-corrected chi connectivity index (χ2v) is 6.01. The maximum absolute atomic E-state index is 12.2. The van der Waals surface area contributed by atoms with Crippen LogP contribution in [-0.2, 0) is 7.05 Å². The zero-order chi connectivity index (χ0) is 17.1. The van der Waals surface area contributed by atoms with Crippen LogP contribution in [0.3, 0.4) is 0 Å². The smallest absolute Gasteiger partial charge is 0.319 e. The van der Waals surface area contributed by atoms with Gasteiger partial charge in [0.1, 0.15) is 11.5 Å². The van der Waals surface area contributed by atoms with Crippen molar-refractivity contribution in [1.82, 2.24) is 14.9 Å². The molecule has 0 aromatic carbocycles. The molecule has 126 valence electrons. The average Bonchev–Trinajstić information content (AvgIpc) is 3.04. The number of hydrogen-bond donors (Lipinski definition) is 2. The average molecular weight is 327 g/mol. The summed E-state index contributed by atoms with van der Waals surface area (Å²) in [5, 5.41) is 5.62. The number of urea groups is 1. The van der Waals surface area contributed by atoms with E-state index in [1.807, 2.05) is 18.2 Å². The van der Waals surface area contributed by atoms with Crippen molar-refractivity contribution in [3.63, 3.8) is 0 Å². The van der Waals surface area contributed by atoms with Gasteiger partial charge in [0.25, 0.3) is 5.56 Å². The third-order valence-corrected chi connectivity index (χ3v) is 4.21. The van der Waals surface area contributed by atoms with Crippen LogP contribution >= 0.6 is 0 Å². The number of nitrogens with zero attached hydrogens (tertiary/aromatic N) is 3. The number of pyridine rings is 2. The second-order valence-electron chi connectivity index (χ2n) is 6.01. The van der Waals surface area contributed by atoms with Gasteiger partial charge in [-0.05, 0) is 37.1 Å². The second kappa shape index (κ2) is 6.74. The highest BCUT2D eigenvalue weighted by Crippen LogP contribution is 2.17. The van der Waals surface area contributed by atoms with Gasteiger partial charge >= 0.3 is 6.03 Å². The van der Waals surface area contributed by atoms with E-state index in [0.29, 0.717) is 12.2 Å². The Hall–Kier alpha value is -2.83. The third-order valence-electron chi connectivity index (χ3n) is 4.21. The Labute approximate surface area is 140 Å². The predicted octanol–water partition coefficient (Wildman–Crippen LogP) is 1.49. The first kappa shape index (κ1) is 16.0. The summed E-state index contributed by atoms with van der Waals surface area (Å²) in [6.07, 6.45) is 4.29. The fourth-order valence-electron chi connectivity index (χ4n) is 2.83. The zero-order valence-electron chi connectivity index (χ0n) is 13.8. The molecule has 1 saturated heterocycles. The number of nitrogens with one attached hydrogen (secondary N) is 2. The van der Waals surface area contributed by atoms with Gasteiger partial charge in [-0.15, -0.1) is 0 Å². The number of rotatable bonds is 3. The van der Waals surface area contributed by atoms with Gasteiger partial charge in [0.15, 0.2) is 0 Å². The van der Waals surface area contributed by atoms with E-state index in [-0.39, 0.29) is 17.6 Å². The first-order valence-corrected chi connectivity index (χ1v) is 7.94. The van der Waals surface area contributed by atoms with Crippen LogP contribution in [0.15, 0.2) is 41.5 Å². The molecule has 3 rings (SSSR count). The Balaban J connectivity index is 1.61. The van der Waals surface area contributed by atoms with E-state index in [1.165, 1.54) is 4.57 Å². The van der Waals surface area contributed by atoms with Gasteiger partial charge < -0.3 is 20.1 Å². The first-order valence-electron chi connectivity index (χ1n) is 7.94. The van der Waals surface area contributed by atoms with Gasteiger partial charge in [-0.1, -0.05) is 6.07 Å². The van der Waals surface area contributed by atoms with E-state index >= 15 is 0 Å². The summed E-state index contributed by atoms with van der Waals surface area (Å²) in [5.74, 6) is 0.912. The molecule has 1 unspecified atom stereocenters. The maximum Gasteiger partial charge on any atom is 0.319 e. The molecule has 2 aromatic rings. The van der Waals surface area contributed by atoms with Crippen LogP contribution in [0.4, 0.5) is 16.3 Å². The standard InChI is InChI=1S/C17H21N5O2/c1-12-6-9-21(2)16(23)15(12)20-17(24)19-13-7-10-22(11-13)14-5-3-4-8-18-14/h3-6,8-9,13H,7,10-11H2,1-2H3,(H2,19,20,24). The molecule has 1 atom stereocenters. The van der Waals surface area contributed by atoms with E-state index in [4.69, 9.17) is 0 Å². The number of anilines is 2. The number of aromatic nitrogens is 2. The van der Waals surface area contributed by atoms with E-state index in [0.717, 1.165) is 24.3 Å². The lowest BCUT2D eigenvalue weighted by atomic mass is 10.2. The van der Waals surface area contributed by atoms with Gasteiger partial charge in [-0.2, -0.15) is 0 Å². The number of hydrogen-bond acceptors (Lipinski definition) is 4. The van der Waals surface area contributed by atoms with E-state index in [9.17, 15) is 9.59 Å². The molecule has 3 heterocycles. The molecule has 7 nitrogen and oxygen atoms in total. The van der Waals surface area contributed by atoms with Crippen molar-refractivity contribution in [2.24, 2.45) is 7.05 Å².